The van der Waals surface area contributed by atoms with Gasteiger partial charge in [-0.3, -0.25) is 29.5 Å². The third kappa shape index (κ3) is 2.59. The van der Waals surface area contributed by atoms with E-state index in [4.69, 9.17) is 0 Å². The van der Waals surface area contributed by atoms with Gasteiger partial charge in [0.1, 0.15) is 5.82 Å². The molecule has 132 valence electrons. The van der Waals surface area contributed by atoms with E-state index in [1.54, 1.807) is 13.8 Å². The van der Waals surface area contributed by atoms with E-state index in [0.717, 1.165) is 18.2 Å². The molecular formula is C15H14F2N4O4. The molecule has 1 aromatic carbocycles. The van der Waals surface area contributed by atoms with Crippen LogP contribution in [0.15, 0.2) is 23.0 Å². The summed E-state index contributed by atoms with van der Waals surface area (Å²) < 4.78 is 28.2. The molecular weight excluding hydrogens is 338 g/mol. The Balaban J connectivity index is 2.29. The van der Waals surface area contributed by atoms with Crippen LogP contribution in [-0.4, -0.2) is 26.7 Å². The Morgan fingerprint density at radius 3 is 2.48 bits per heavy atom. The van der Waals surface area contributed by atoms with E-state index in [1.807, 2.05) is 0 Å². The van der Waals surface area contributed by atoms with Gasteiger partial charge in [-0.2, -0.15) is 0 Å². The predicted molar refractivity (Wildman–Crippen MR) is 83.1 cm³/mol. The maximum atomic E-state index is 13.6. The highest BCUT2D eigenvalue weighted by molar-refractivity contribution is 5.97. The summed E-state index contributed by atoms with van der Waals surface area (Å²) in [6.45, 7) is 3.49. The molecule has 25 heavy (non-hydrogen) atoms. The zero-order valence-electron chi connectivity index (χ0n) is 13.2. The summed E-state index contributed by atoms with van der Waals surface area (Å²) in [5, 5.41) is 16.3. The lowest BCUT2D eigenvalue weighted by Gasteiger charge is -2.26. The summed E-state index contributed by atoms with van der Waals surface area (Å²) in [6, 6.07) is 0.636. The number of aromatic amines is 1. The zero-order valence-corrected chi connectivity index (χ0v) is 13.2. The third-order valence-electron chi connectivity index (χ3n) is 4.15. The van der Waals surface area contributed by atoms with E-state index >= 15 is 0 Å². The highest BCUT2D eigenvalue weighted by atomic mass is 19.2. The fraction of sp³-hybridized carbons (Fsp3) is 0.333. The Bertz CT molecular complexity index is 934. The number of rotatable bonds is 3. The van der Waals surface area contributed by atoms with Crippen LogP contribution in [0.2, 0.25) is 0 Å². The highest BCUT2D eigenvalue weighted by Gasteiger charge is 2.48. The van der Waals surface area contributed by atoms with Crippen molar-refractivity contribution in [2.75, 3.05) is 5.32 Å². The number of anilines is 1. The second-order valence-electron chi connectivity index (χ2n) is 6.04. The van der Waals surface area contributed by atoms with Gasteiger partial charge in [0.2, 0.25) is 0 Å². The number of carbonyl (C=O) groups is 1. The molecule has 2 heterocycles. The summed E-state index contributed by atoms with van der Waals surface area (Å²) in [5.41, 5.74) is -0.713. The average molecular weight is 352 g/mol. The Labute approximate surface area is 139 Å². The van der Waals surface area contributed by atoms with Crippen LogP contribution < -0.4 is 10.9 Å². The molecule has 0 aliphatic carbocycles. The first kappa shape index (κ1) is 16.8. The summed E-state index contributed by atoms with van der Waals surface area (Å²) >= 11 is 0. The maximum Gasteiger partial charge on any atom is 0.301 e. The number of hydrogen-bond acceptors (Lipinski definition) is 4. The lowest BCUT2D eigenvalue weighted by molar-refractivity contribution is -0.509. The Hall–Kier alpha value is -3.04. The van der Waals surface area contributed by atoms with Crippen molar-refractivity contribution in [1.29, 1.82) is 0 Å². The molecule has 2 aromatic rings. The largest absolute Gasteiger partial charge is 0.305 e. The Kier molecular flexibility index (Phi) is 3.90. The number of carbonyl (C=O) groups excluding carboxylic acids is 1. The van der Waals surface area contributed by atoms with Crippen LogP contribution >= 0.6 is 0 Å². The summed E-state index contributed by atoms with van der Waals surface area (Å²) in [4.78, 5) is 35.2. The van der Waals surface area contributed by atoms with Crippen LogP contribution in [-0.2, 0) is 4.79 Å². The molecule has 0 saturated carbocycles. The van der Waals surface area contributed by atoms with Crippen LogP contribution in [0.3, 0.4) is 0 Å². The number of H-pyrrole nitrogens is 1. The molecule has 0 spiro atoms. The van der Waals surface area contributed by atoms with Crippen LogP contribution in [0.1, 0.15) is 36.9 Å². The minimum Gasteiger partial charge on any atom is -0.305 e. The van der Waals surface area contributed by atoms with Crippen LogP contribution in [0.25, 0.3) is 0 Å². The molecule has 3 rings (SSSR count). The number of amides is 1. The predicted octanol–water partition coefficient (Wildman–Crippen LogP) is 1.76. The smallest absolute Gasteiger partial charge is 0.301 e. The first-order valence-electron chi connectivity index (χ1n) is 7.46. The van der Waals surface area contributed by atoms with Gasteiger partial charge in [-0.1, -0.05) is 6.07 Å². The molecule has 1 aromatic heterocycles. The van der Waals surface area contributed by atoms with E-state index < -0.39 is 40.0 Å². The van der Waals surface area contributed by atoms with Crippen molar-refractivity contribution < 1.29 is 18.5 Å². The average Bonchev–Trinajstić information content (AvgIpc) is 2.85. The van der Waals surface area contributed by atoms with Gasteiger partial charge in [0, 0.05) is 11.0 Å². The van der Waals surface area contributed by atoms with Gasteiger partial charge in [-0.25, -0.2) is 8.78 Å². The molecule has 0 saturated heterocycles. The molecule has 8 nitrogen and oxygen atoms in total. The number of benzene rings is 1. The van der Waals surface area contributed by atoms with Gasteiger partial charge >= 0.3 is 11.9 Å². The topological polar surface area (TPSA) is 110 Å². The summed E-state index contributed by atoms with van der Waals surface area (Å²) in [6.07, 6.45) is 0. The second-order valence-corrected chi connectivity index (χ2v) is 6.04. The molecule has 0 bridgehead atoms. The molecule has 1 amide bonds. The zero-order chi connectivity index (χ0) is 18.5. The van der Waals surface area contributed by atoms with E-state index in [1.165, 1.54) is 4.68 Å². The minimum absolute atomic E-state index is 0.0243. The van der Waals surface area contributed by atoms with Gasteiger partial charge in [0.15, 0.2) is 11.6 Å². The van der Waals surface area contributed by atoms with Crippen molar-refractivity contribution in [3.8, 4) is 0 Å². The fourth-order valence-corrected chi connectivity index (χ4v) is 3.04. The molecule has 0 unspecified atom stereocenters. The molecule has 1 aliphatic heterocycles. The number of halogens is 2. The normalized spacial score (nSPS) is 19.6. The van der Waals surface area contributed by atoms with Crippen molar-refractivity contribution in [3.05, 3.63) is 61.4 Å². The first-order chi connectivity index (χ1) is 11.7. The van der Waals surface area contributed by atoms with Gasteiger partial charge in [0.25, 0.3) is 5.56 Å². The van der Waals surface area contributed by atoms with Crippen molar-refractivity contribution in [1.82, 2.24) is 9.78 Å². The highest BCUT2D eigenvalue weighted by Crippen LogP contribution is 2.37. The third-order valence-corrected chi connectivity index (χ3v) is 4.15. The molecule has 2 atom stereocenters. The van der Waals surface area contributed by atoms with Crippen LogP contribution in [0, 0.1) is 21.7 Å². The molecule has 10 heteroatoms. The van der Waals surface area contributed by atoms with Gasteiger partial charge in [0.05, 0.1) is 11.5 Å². The van der Waals surface area contributed by atoms with Gasteiger partial charge < -0.3 is 5.32 Å². The second kappa shape index (κ2) is 5.80. The van der Waals surface area contributed by atoms with E-state index in [2.05, 4.69) is 10.4 Å². The summed E-state index contributed by atoms with van der Waals surface area (Å²) in [7, 11) is 0. The Morgan fingerprint density at radius 2 is 1.92 bits per heavy atom. The number of fused-ring (bicyclic) bond motifs is 1. The van der Waals surface area contributed by atoms with Crippen molar-refractivity contribution >= 4 is 11.7 Å². The molecule has 1 aliphatic rings. The lowest BCUT2D eigenvalue weighted by Crippen LogP contribution is -2.45. The van der Waals surface area contributed by atoms with E-state index in [0.29, 0.717) is 0 Å². The standard InChI is InChI=1S/C15H14F2N4O4/c1-6(2)20-13-11(14(22)19-20)10(12(21(24)25)15(23)18-13)7-3-4-8(16)9(17)5-7/h3-6,10,12H,1-2H3,(H,18,23)(H,19,22)/t10-,12+/m0/s1. The first-order valence-corrected chi connectivity index (χ1v) is 7.46. The SMILES string of the molecule is CC(C)n1[nH]c(=O)c2c1NC(=O)[C@H]([N+](=O)[O-])[C@H]2c1ccc(F)c(F)c1. The minimum atomic E-state index is -1.83. The number of hydrogen-bond donors (Lipinski definition) is 2. The van der Waals surface area contributed by atoms with Gasteiger partial charge in [-0.05, 0) is 31.5 Å². The lowest BCUT2D eigenvalue weighted by atomic mass is 9.83. The number of aromatic nitrogens is 2. The fourth-order valence-electron chi connectivity index (χ4n) is 3.04. The van der Waals surface area contributed by atoms with Crippen molar-refractivity contribution in [2.24, 2.45) is 0 Å². The monoisotopic (exact) mass is 352 g/mol. The summed E-state index contributed by atoms with van der Waals surface area (Å²) in [5.74, 6) is -4.52. The van der Waals surface area contributed by atoms with E-state index in [9.17, 15) is 28.5 Å². The van der Waals surface area contributed by atoms with Crippen LogP contribution in [0.4, 0.5) is 14.6 Å². The van der Waals surface area contributed by atoms with Crippen LogP contribution in [0.5, 0.6) is 0 Å². The molecule has 0 radical (unpaired) electrons. The Morgan fingerprint density at radius 1 is 1.24 bits per heavy atom. The van der Waals surface area contributed by atoms with Crippen molar-refractivity contribution in [3.63, 3.8) is 0 Å². The van der Waals surface area contributed by atoms with Crippen molar-refractivity contribution in [2.45, 2.75) is 31.8 Å². The number of nitro groups is 1. The molecule has 0 fully saturated rings. The maximum absolute atomic E-state index is 13.6. The number of nitrogens with one attached hydrogen (secondary N) is 2. The number of nitrogens with zero attached hydrogens (tertiary/aromatic N) is 2. The quantitative estimate of drug-likeness (QED) is 0.648. The molecule has 2 N–H and O–H groups in total. The van der Waals surface area contributed by atoms with Gasteiger partial charge in [-0.15, -0.1) is 0 Å². The van der Waals surface area contributed by atoms with E-state index in [-0.39, 0.29) is 23.0 Å².